The van der Waals surface area contributed by atoms with Crippen LogP contribution in [0.1, 0.15) is 0 Å². The number of hydrogen-bond donors (Lipinski definition) is 0. The molecule has 1 aliphatic rings. The van der Waals surface area contributed by atoms with Crippen LogP contribution in [-0.4, -0.2) is 9.97 Å². The van der Waals surface area contributed by atoms with Crippen molar-refractivity contribution in [1.29, 1.82) is 0 Å². The maximum Gasteiger partial charge on any atom is 0.0794 e. The summed E-state index contributed by atoms with van der Waals surface area (Å²) in [6.45, 7) is 0. The van der Waals surface area contributed by atoms with Crippen molar-refractivity contribution in [3.05, 3.63) is 109 Å². The summed E-state index contributed by atoms with van der Waals surface area (Å²) in [5.41, 5.74) is 11.0. The number of pyridine rings is 2. The standard InChI is InChI=1S/C30H18N2/c1-7-15-27-19(9-1)17-25-21-11-3-5-13-23(21)30-26(18-20-10-2-8-16-28(20)32-30)22-12-4-6-14-24(22)29(25)31-27/h1-18H. The first-order chi connectivity index (χ1) is 15.9. The molecule has 0 saturated heterocycles. The predicted octanol–water partition coefficient (Wildman–Crippen LogP) is 7.76. The summed E-state index contributed by atoms with van der Waals surface area (Å²) in [5.74, 6) is 0. The highest BCUT2D eigenvalue weighted by Crippen LogP contribution is 2.47. The highest BCUT2D eigenvalue weighted by molar-refractivity contribution is 6.05. The van der Waals surface area contributed by atoms with Crippen molar-refractivity contribution in [2.24, 2.45) is 0 Å². The third-order valence-corrected chi connectivity index (χ3v) is 6.39. The molecule has 0 amide bonds. The number of rotatable bonds is 0. The Morgan fingerprint density at radius 1 is 0.344 bits per heavy atom. The van der Waals surface area contributed by atoms with Gasteiger partial charge in [0.2, 0.25) is 0 Å². The third kappa shape index (κ3) is 2.47. The van der Waals surface area contributed by atoms with Gasteiger partial charge >= 0.3 is 0 Å². The van der Waals surface area contributed by atoms with Crippen LogP contribution < -0.4 is 0 Å². The molecule has 2 heteroatoms. The van der Waals surface area contributed by atoms with Crippen LogP contribution in [0.4, 0.5) is 0 Å². The summed E-state index contributed by atoms with van der Waals surface area (Å²) < 4.78 is 0. The molecule has 7 rings (SSSR count). The largest absolute Gasteiger partial charge is 0.247 e. The van der Waals surface area contributed by atoms with Crippen LogP contribution in [0.2, 0.25) is 0 Å². The molecule has 6 aromatic rings. The number of hydrogen-bond acceptors (Lipinski definition) is 2. The lowest BCUT2D eigenvalue weighted by molar-refractivity contribution is 1.36. The van der Waals surface area contributed by atoms with Crippen molar-refractivity contribution < 1.29 is 0 Å². The molecule has 2 aromatic heterocycles. The first-order valence-electron chi connectivity index (χ1n) is 10.9. The van der Waals surface area contributed by atoms with Crippen LogP contribution in [0.3, 0.4) is 0 Å². The van der Waals surface area contributed by atoms with Crippen LogP contribution in [0.5, 0.6) is 0 Å². The minimum Gasteiger partial charge on any atom is -0.247 e. The van der Waals surface area contributed by atoms with E-state index in [-0.39, 0.29) is 0 Å². The average molecular weight is 406 g/mol. The zero-order chi connectivity index (χ0) is 21.1. The molecular weight excluding hydrogens is 388 g/mol. The Labute approximate surface area is 185 Å². The lowest BCUT2D eigenvalue weighted by atomic mass is 9.84. The quantitative estimate of drug-likeness (QED) is 0.257. The summed E-state index contributed by atoms with van der Waals surface area (Å²) in [6.07, 6.45) is 0. The minimum absolute atomic E-state index is 1.01. The Kier molecular flexibility index (Phi) is 3.58. The maximum absolute atomic E-state index is 5.17. The fourth-order valence-electron chi connectivity index (χ4n) is 4.90. The smallest absolute Gasteiger partial charge is 0.0794 e. The molecule has 0 unspecified atom stereocenters. The van der Waals surface area contributed by atoms with Crippen LogP contribution in [0.15, 0.2) is 109 Å². The normalized spacial score (nSPS) is 11.8. The van der Waals surface area contributed by atoms with Gasteiger partial charge in [-0.25, -0.2) is 9.97 Å². The summed E-state index contributed by atoms with van der Waals surface area (Å²) in [5, 5.41) is 2.29. The molecule has 148 valence electrons. The molecule has 0 saturated carbocycles. The van der Waals surface area contributed by atoms with Gasteiger partial charge in [0.1, 0.15) is 0 Å². The molecule has 0 atom stereocenters. The van der Waals surface area contributed by atoms with Crippen LogP contribution in [0.25, 0.3) is 66.6 Å². The molecule has 2 heterocycles. The van der Waals surface area contributed by atoms with Gasteiger partial charge in [-0.05, 0) is 35.4 Å². The van der Waals surface area contributed by atoms with E-state index in [1.54, 1.807) is 0 Å². The maximum atomic E-state index is 5.17. The van der Waals surface area contributed by atoms with Crippen molar-refractivity contribution in [3.63, 3.8) is 0 Å². The second-order valence-electron chi connectivity index (χ2n) is 8.25. The zero-order valence-electron chi connectivity index (χ0n) is 17.3. The van der Waals surface area contributed by atoms with Gasteiger partial charge in [-0.3, -0.25) is 0 Å². The van der Waals surface area contributed by atoms with Gasteiger partial charge in [-0.2, -0.15) is 0 Å². The molecule has 32 heavy (non-hydrogen) atoms. The van der Waals surface area contributed by atoms with Crippen molar-refractivity contribution in [2.75, 3.05) is 0 Å². The monoisotopic (exact) mass is 406 g/mol. The second kappa shape index (κ2) is 6.60. The summed E-state index contributed by atoms with van der Waals surface area (Å²) in [4.78, 5) is 10.3. The van der Waals surface area contributed by atoms with Crippen LogP contribution >= 0.6 is 0 Å². The van der Waals surface area contributed by atoms with E-state index in [1.807, 2.05) is 0 Å². The molecule has 1 aliphatic carbocycles. The van der Waals surface area contributed by atoms with Crippen molar-refractivity contribution in [2.45, 2.75) is 0 Å². The van der Waals surface area contributed by atoms with E-state index in [1.165, 1.54) is 11.1 Å². The Bertz CT molecular complexity index is 1430. The van der Waals surface area contributed by atoms with E-state index in [4.69, 9.17) is 9.97 Å². The fourth-order valence-corrected chi connectivity index (χ4v) is 4.90. The van der Waals surface area contributed by atoms with Gasteiger partial charge in [0.15, 0.2) is 0 Å². The van der Waals surface area contributed by atoms with Gasteiger partial charge in [0.05, 0.1) is 22.4 Å². The highest BCUT2D eigenvalue weighted by atomic mass is 14.7. The minimum atomic E-state index is 1.01. The van der Waals surface area contributed by atoms with E-state index in [2.05, 4.69) is 109 Å². The number of fused-ring (bicyclic) bond motifs is 10. The number of para-hydroxylation sites is 2. The molecule has 4 aromatic carbocycles. The zero-order valence-corrected chi connectivity index (χ0v) is 17.3. The van der Waals surface area contributed by atoms with Crippen LogP contribution in [0, 0.1) is 0 Å². The molecule has 2 nitrogen and oxygen atoms in total. The number of benzene rings is 4. The van der Waals surface area contributed by atoms with E-state index < -0.39 is 0 Å². The van der Waals surface area contributed by atoms with Crippen molar-refractivity contribution in [1.82, 2.24) is 9.97 Å². The predicted molar refractivity (Wildman–Crippen MR) is 132 cm³/mol. The van der Waals surface area contributed by atoms with E-state index in [0.29, 0.717) is 0 Å². The Hall–Kier alpha value is -4.30. The first kappa shape index (κ1) is 17.4. The van der Waals surface area contributed by atoms with Gasteiger partial charge in [-0.1, -0.05) is 84.9 Å². The van der Waals surface area contributed by atoms with Crippen LogP contribution in [-0.2, 0) is 0 Å². The van der Waals surface area contributed by atoms with Gasteiger partial charge < -0.3 is 0 Å². The molecule has 0 radical (unpaired) electrons. The average Bonchev–Trinajstić information content (AvgIpc) is 2.86. The first-order valence-corrected chi connectivity index (χ1v) is 10.9. The lowest BCUT2D eigenvalue weighted by Gasteiger charge is -2.22. The summed E-state index contributed by atoms with van der Waals surface area (Å²) in [7, 11) is 0. The molecule has 0 aliphatic heterocycles. The molecule has 0 fully saturated rings. The molecular formula is C30H18N2. The van der Waals surface area contributed by atoms with E-state index in [0.717, 1.165) is 55.4 Å². The second-order valence-corrected chi connectivity index (χ2v) is 8.25. The number of aromatic nitrogens is 2. The van der Waals surface area contributed by atoms with Crippen molar-refractivity contribution >= 4 is 21.8 Å². The summed E-state index contributed by atoms with van der Waals surface area (Å²) >= 11 is 0. The SMILES string of the molecule is c1ccc2c(c1)-c1cc3ccccc3nc1-c1ccccc1-c1cc3ccccc3nc1-2. The lowest BCUT2D eigenvalue weighted by Crippen LogP contribution is -2.01. The fraction of sp³-hybridized carbons (Fsp3) is 0. The van der Waals surface area contributed by atoms with Gasteiger partial charge in [0.25, 0.3) is 0 Å². The Morgan fingerprint density at radius 3 is 1.19 bits per heavy atom. The Morgan fingerprint density at radius 2 is 0.719 bits per heavy atom. The topological polar surface area (TPSA) is 25.8 Å². The summed E-state index contributed by atoms with van der Waals surface area (Å²) in [6, 6.07) is 38.4. The Balaban J connectivity index is 1.70. The van der Waals surface area contributed by atoms with Gasteiger partial charge in [0, 0.05) is 33.0 Å². The molecule has 0 N–H and O–H groups in total. The highest BCUT2D eigenvalue weighted by Gasteiger charge is 2.24. The van der Waals surface area contributed by atoms with E-state index >= 15 is 0 Å². The van der Waals surface area contributed by atoms with Crippen molar-refractivity contribution in [3.8, 4) is 44.8 Å². The molecule has 0 bridgehead atoms. The molecule has 0 spiro atoms. The van der Waals surface area contributed by atoms with E-state index in [9.17, 15) is 0 Å². The third-order valence-electron chi connectivity index (χ3n) is 6.39. The van der Waals surface area contributed by atoms with Gasteiger partial charge in [-0.15, -0.1) is 0 Å². The number of nitrogens with zero attached hydrogens (tertiary/aromatic N) is 2.